The Labute approximate surface area is 92.3 Å². The fourth-order valence-electron chi connectivity index (χ4n) is 2.33. The lowest BCUT2D eigenvalue weighted by Gasteiger charge is -2.16. The monoisotopic (exact) mass is 198 g/mol. The third kappa shape index (κ3) is 1.77. The molecule has 0 saturated carbocycles. The van der Waals surface area contributed by atoms with Gasteiger partial charge in [0.05, 0.1) is 0 Å². The van der Waals surface area contributed by atoms with Crippen LogP contribution in [0.4, 0.5) is 0 Å². The molecule has 1 aromatic carbocycles. The Morgan fingerprint density at radius 2 is 1.93 bits per heavy atom. The maximum absolute atomic E-state index is 2.40. The quantitative estimate of drug-likeness (QED) is 0.620. The highest BCUT2D eigenvalue weighted by atomic mass is 14.3. The second-order valence-electron chi connectivity index (χ2n) is 4.71. The van der Waals surface area contributed by atoms with Crippen LogP contribution in [0.2, 0.25) is 0 Å². The molecule has 0 bridgehead atoms. The zero-order chi connectivity index (χ0) is 10.9. The molecule has 0 heteroatoms. The van der Waals surface area contributed by atoms with Crippen LogP contribution in [0.15, 0.2) is 42.5 Å². The summed E-state index contributed by atoms with van der Waals surface area (Å²) in [6, 6.07) is 8.74. The fraction of sp³-hybridized carbons (Fsp3) is 0.333. The molecular formula is C15H18. The Kier molecular flexibility index (Phi) is 2.52. The predicted molar refractivity (Wildman–Crippen MR) is 66.9 cm³/mol. The molecule has 0 amide bonds. The standard InChI is InChI=1S/C15H18/c1-4-5-8-12-11-15(2,3)14-10-7-6-9-13(12)14/h4-7,9-11H,8H2,1-3H3/b5-4+. The van der Waals surface area contributed by atoms with Crippen molar-refractivity contribution in [1.29, 1.82) is 0 Å². The molecule has 0 spiro atoms. The van der Waals surface area contributed by atoms with E-state index in [1.54, 1.807) is 0 Å². The Hall–Kier alpha value is -1.30. The van der Waals surface area contributed by atoms with Crippen LogP contribution in [0.1, 0.15) is 38.3 Å². The Balaban J connectivity index is 2.43. The van der Waals surface area contributed by atoms with Crippen molar-refractivity contribution in [2.75, 3.05) is 0 Å². The molecule has 0 saturated heterocycles. The minimum Gasteiger partial charge on any atom is -0.0913 e. The first-order chi connectivity index (χ1) is 7.15. The summed E-state index contributed by atoms with van der Waals surface area (Å²) in [5, 5.41) is 0. The average molecular weight is 198 g/mol. The molecule has 0 heterocycles. The number of hydrogen-bond acceptors (Lipinski definition) is 0. The van der Waals surface area contributed by atoms with Crippen LogP contribution in [-0.4, -0.2) is 0 Å². The van der Waals surface area contributed by atoms with Gasteiger partial charge in [-0.15, -0.1) is 0 Å². The SMILES string of the molecule is C/C=C/CC1=CC(C)(C)c2ccccc21. The maximum Gasteiger partial charge on any atom is 0.00874 e. The molecular weight excluding hydrogens is 180 g/mol. The molecule has 1 aromatic rings. The number of fused-ring (bicyclic) bond motifs is 1. The van der Waals surface area contributed by atoms with E-state index in [1.807, 2.05) is 0 Å². The van der Waals surface area contributed by atoms with Gasteiger partial charge in [0, 0.05) is 5.41 Å². The predicted octanol–water partition coefficient (Wildman–Crippen LogP) is 4.33. The highest BCUT2D eigenvalue weighted by molar-refractivity contribution is 5.77. The third-order valence-electron chi connectivity index (χ3n) is 3.08. The molecule has 2 rings (SSSR count). The van der Waals surface area contributed by atoms with E-state index in [4.69, 9.17) is 0 Å². The molecule has 0 nitrogen and oxygen atoms in total. The number of hydrogen-bond donors (Lipinski definition) is 0. The van der Waals surface area contributed by atoms with Crippen molar-refractivity contribution in [3.63, 3.8) is 0 Å². The van der Waals surface area contributed by atoms with Crippen LogP contribution in [0, 0.1) is 0 Å². The van der Waals surface area contributed by atoms with E-state index in [1.165, 1.54) is 16.7 Å². The molecule has 0 unspecified atom stereocenters. The van der Waals surface area contributed by atoms with Gasteiger partial charge in [0.2, 0.25) is 0 Å². The first kappa shape index (κ1) is 10.2. The second-order valence-corrected chi connectivity index (χ2v) is 4.71. The van der Waals surface area contributed by atoms with E-state index in [-0.39, 0.29) is 5.41 Å². The highest BCUT2D eigenvalue weighted by Crippen LogP contribution is 2.41. The van der Waals surface area contributed by atoms with Gasteiger partial charge in [-0.3, -0.25) is 0 Å². The van der Waals surface area contributed by atoms with Crippen molar-refractivity contribution in [1.82, 2.24) is 0 Å². The molecule has 1 aliphatic carbocycles. The van der Waals surface area contributed by atoms with Crippen molar-refractivity contribution in [2.45, 2.75) is 32.6 Å². The van der Waals surface area contributed by atoms with Gasteiger partial charge in [-0.25, -0.2) is 0 Å². The van der Waals surface area contributed by atoms with Gasteiger partial charge in [0.1, 0.15) is 0 Å². The first-order valence-electron chi connectivity index (χ1n) is 5.58. The van der Waals surface area contributed by atoms with Crippen LogP contribution in [0.5, 0.6) is 0 Å². The Morgan fingerprint density at radius 1 is 1.20 bits per heavy atom. The minimum atomic E-state index is 0.202. The van der Waals surface area contributed by atoms with Crippen molar-refractivity contribution >= 4 is 5.57 Å². The van der Waals surface area contributed by atoms with Crippen molar-refractivity contribution in [3.05, 3.63) is 53.6 Å². The lowest BCUT2D eigenvalue weighted by atomic mass is 9.87. The number of benzene rings is 1. The van der Waals surface area contributed by atoms with E-state index in [0.717, 1.165) is 6.42 Å². The number of allylic oxidation sites excluding steroid dienone is 4. The van der Waals surface area contributed by atoms with Crippen LogP contribution >= 0.6 is 0 Å². The molecule has 78 valence electrons. The molecule has 1 aliphatic rings. The van der Waals surface area contributed by atoms with Crippen LogP contribution in [0.25, 0.3) is 5.57 Å². The molecule has 0 radical (unpaired) electrons. The van der Waals surface area contributed by atoms with Crippen LogP contribution < -0.4 is 0 Å². The first-order valence-corrected chi connectivity index (χ1v) is 5.58. The topological polar surface area (TPSA) is 0 Å². The number of rotatable bonds is 2. The Bertz CT molecular complexity index is 419. The highest BCUT2D eigenvalue weighted by Gasteiger charge is 2.28. The Morgan fingerprint density at radius 3 is 2.67 bits per heavy atom. The zero-order valence-corrected chi connectivity index (χ0v) is 9.75. The van der Waals surface area contributed by atoms with Crippen molar-refractivity contribution in [2.24, 2.45) is 0 Å². The molecule has 0 atom stereocenters. The summed E-state index contributed by atoms with van der Waals surface area (Å²) in [6.07, 6.45) is 7.80. The lowest BCUT2D eigenvalue weighted by molar-refractivity contribution is 0.683. The van der Waals surface area contributed by atoms with E-state index in [2.05, 4.69) is 63.3 Å². The van der Waals surface area contributed by atoms with Crippen LogP contribution in [0.3, 0.4) is 0 Å². The summed E-state index contributed by atoms with van der Waals surface area (Å²) in [6.45, 7) is 6.65. The maximum atomic E-state index is 2.40. The molecule has 0 aromatic heterocycles. The van der Waals surface area contributed by atoms with E-state index in [9.17, 15) is 0 Å². The lowest BCUT2D eigenvalue weighted by Crippen LogP contribution is -2.10. The zero-order valence-electron chi connectivity index (χ0n) is 9.75. The normalized spacial score (nSPS) is 17.9. The van der Waals surface area contributed by atoms with Gasteiger partial charge in [-0.05, 0) is 30.0 Å². The smallest absolute Gasteiger partial charge is 0.00874 e. The largest absolute Gasteiger partial charge is 0.0913 e. The van der Waals surface area contributed by atoms with Gasteiger partial charge in [-0.1, -0.05) is 56.3 Å². The molecule has 0 N–H and O–H groups in total. The summed E-state index contributed by atoms with van der Waals surface area (Å²) < 4.78 is 0. The summed E-state index contributed by atoms with van der Waals surface area (Å²) in [5.41, 5.74) is 4.56. The summed E-state index contributed by atoms with van der Waals surface area (Å²) in [7, 11) is 0. The summed E-state index contributed by atoms with van der Waals surface area (Å²) in [5.74, 6) is 0. The average Bonchev–Trinajstić information content (AvgIpc) is 2.49. The summed E-state index contributed by atoms with van der Waals surface area (Å²) >= 11 is 0. The van der Waals surface area contributed by atoms with Gasteiger partial charge in [0.25, 0.3) is 0 Å². The van der Waals surface area contributed by atoms with E-state index < -0.39 is 0 Å². The van der Waals surface area contributed by atoms with Gasteiger partial charge >= 0.3 is 0 Å². The van der Waals surface area contributed by atoms with Gasteiger partial charge < -0.3 is 0 Å². The van der Waals surface area contributed by atoms with Crippen molar-refractivity contribution in [3.8, 4) is 0 Å². The molecule has 0 fully saturated rings. The minimum absolute atomic E-state index is 0.202. The van der Waals surface area contributed by atoms with Crippen LogP contribution in [-0.2, 0) is 5.41 Å². The van der Waals surface area contributed by atoms with E-state index >= 15 is 0 Å². The van der Waals surface area contributed by atoms with E-state index in [0.29, 0.717) is 0 Å². The van der Waals surface area contributed by atoms with Gasteiger partial charge in [0.15, 0.2) is 0 Å². The fourth-order valence-corrected chi connectivity index (χ4v) is 2.33. The second kappa shape index (κ2) is 3.69. The van der Waals surface area contributed by atoms with Gasteiger partial charge in [-0.2, -0.15) is 0 Å². The third-order valence-corrected chi connectivity index (χ3v) is 3.08. The van der Waals surface area contributed by atoms with Crippen molar-refractivity contribution < 1.29 is 0 Å². The summed E-state index contributed by atoms with van der Waals surface area (Å²) in [4.78, 5) is 0. The molecule has 0 aliphatic heterocycles. The molecule has 15 heavy (non-hydrogen) atoms.